The van der Waals surface area contributed by atoms with E-state index < -0.39 is 0 Å². The molecular weight excluding hydrogens is 282 g/mol. The van der Waals surface area contributed by atoms with Crippen molar-refractivity contribution in [3.8, 4) is 0 Å². The van der Waals surface area contributed by atoms with E-state index in [9.17, 15) is 0 Å². The molecule has 0 spiro atoms. The second-order valence-corrected chi connectivity index (χ2v) is 6.04. The Morgan fingerprint density at radius 2 is 1.78 bits per heavy atom. The number of rotatable bonds is 1. The number of hydrogen-bond acceptors (Lipinski definition) is 3. The Balaban J connectivity index is 2.07. The van der Waals surface area contributed by atoms with E-state index >= 15 is 0 Å². The summed E-state index contributed by atoms with van der Waals surface area (Å²) in [5.41, 5.74) is 3.45. The lowest BCUT2D eigenvalue weighted by Crippen LogP contribution is -2.23. The molecule has 1 aliphatic rings. The molecule has 3 rings (SSSR count). The Bertz CT molecular complexity index is 595. The number of para-hydroxylation sites is 1. The van der Waals surface area contributed by atoms with E-state index in [4.69, 9.17) is 23.8 Å². The summed E-state index contributed by atoms with van der Waals surface area (Å²) < 4.78 is 0.968. The summed E-state index contributed by atoms with van der Waals surface area (Å²) in [6, 6.07) is 16.1. The van der Waals surface area contributed by atoms with E-state index in [1.165, 1.54) is 5.69 Å². The van der Waals surface area contributed by atoms with Crippen LogP contribution in [0.3, 0.4) is 0 Å². The maximum Gasteiger partial charge on any atom is 0.0816 e. The van der Waals surface area contributed by atoms with Gasteiger partial charge in [0.1, 0.15) is 0 Å². The third-order valence-electron chi connectivity index (χ3n) is 2.88. The first-order valence-electron chi connectivity index (χ1n) is 5.55. The molecule has 1 heterocycles. The van der Waals surface area contributed by atoms with Crippen molar-refractivity contribution >= 4 is 51.2 Å². The summed E-state index contributed by atoms with van der Waals surface area (Å²) in [6.07, 6.45) is 0. The first-order chi connectivity index (χ1) is 8.75. The highest BCUT2D eigenvalue weighted by molar-refractivity contribution is 8.23. The van der Waals surface area contributed by atoms with Crippen LogP contribution in [0.15, 0.2) is 48.5 Å². The third-order valence-corrected chi connectivity index (χ3v) is 4.57. The summed E-state index contributed by atoms with van der Waals surface area (Å²) in [5.74, 6) is 0.845. The van der Waals surface area contributed by atoms with Crippen molar-refractivity contribution < 1.29 is 0 Å². The molecule has 4 heteroatoms. The van der Waals surface area contributed by atoms with E-state index in [2.05, 4.69) is 17.0 Å². The van der Waals surface area contributed by atoms with Crippen molar-refractivity contribution in [3.05, 3.63) is 59.1 Å². The Labute approximate surface area is 121 Å². The number of halogens is 1. The zero-order valence-corrected chi connectivity index (χ0v) is 11.9. The van der Waals surface area contributed by atoms with Gasteiger partial charge in [-0.05, 0) is 30.3 Å². The number of fused-ring (bicyclic) bond motifs is 1. The van der Waals surface area contributed by atoms with Gasteiger partial charge in [-0.25, -0.2) is 0 Å². The van der Waals surface area contributed by atoms with Crippen LogP contribution in [0.25, 0.3) is 0 Å². The highest BCUT2D eigenvalue weighted by atomic mass is 35.5. The minimum absolute atomic E-state index is 0.757. The minimum atomic E-state index is 0.757. The summed E-state index contributed by atoms with van der Waals surface area (Å²) in [7, 11) is 0. The van der Waals surface area contributed by atoms with Gasteiger partial charge in [-0.3, -0.25) is 0 Å². The number of benzene rings is 2. The molecule has 0 radical (unpaired) electrons. The molecule has 0 aromatic heterocycles. The molecule has 2 aromatic rings. The van der Waals surface area contributed by atoms with Gasteiger partial charge in [-0.2, -0.15) is 0 Å². The molecule has 1 aliphatic heterocycles. The number of nitrogens with zero attached hydrogens (tertiary/aromatic N) is 1. The fourth-order valence-corrected chi connectivity index (χ4v) is 3.31. The number of anilines is 2. The molecule has 0 amide bonds. The molecule has 2 aromatic carbocycles. The highest BCUT2D eigenvalue weighted by Crippen LogP contribution is 2.37. The fraction of sp³-hybridized carbons (Fsp3) is 0.0714. The van der Waals surface area contributed by atoms with Crippen LogP contribution < -0.4 is 4.90 Å². The second kappa shape index (κ2) is 4.92. The van der Waals surface area contributed by atoms with Crippen molar-refractivity contribution in [1.82, 2.24) is 0 Å². The predicted octanol–water partition coefficient (Wildman–Crippen LogP) is 4.86. The van der Waals surface area contributed by atoms with Gasteiger partial charge < -0.3 is 4.90 Å². The van der Waals surface area contributed by atoms with Crippen molar-refractivity contribution in [2.75, 3.05) is 10.8 Å². The Hall–Kier alpha value is -1.03. The zero-order chi connectivity index (χ0) is 12.5. The van der Waals surface area contributed by atoms with E-state index in [-0.39, 0.29) is 0 Å². The Morgan fingerprint density at radius 3 is 2.56 bits per heavy atom. The predicted molar refractivity (Wildman–Crippen MR) is 84.2 cm³/mol. The lowest BCUT2D eigenvalue weighted by atomic mass is 10.1. The average Bonchev–Trinajstić information content (AvgIpc) is 2.41. The highest BCUT2D eigenvalue weighted by Gasteiger charge is 2.21. The van der Waals surface area contributed by atoms with E-state index in [0.717, 1.165) is 26.3 Å². The van der Waals surface area contributed by atoms with Crippen LogP contribution in [-0.4, -0.2) is 10.1 Å². The Kier molecular flexibility index (Phi) is 3.29. The third kappa shape index (κ3) is 2.14. The van der Waals surface area contributed by atoms with E-state index in [1.807, 2.05) is 36.4 Å². The van der Waals surface area contributed by atoms with Crippen molar-refractivity contribution in [2.24, 2.45) is 0 Å². The molecule has 0 saturated heterocycles. The molecule has 0 N–H and O–H groups in total. The van der Waals surface area contributed by atoms with E-state index in [1.54, 1.807) is 11.8 Å². The lowest BCUT2D eigenvalue weighted by Gasteiger charge is -2.31. The van der Waals surface area contributed by atoms with Crippen LogP contribution in [0.1, 0.15) is 5.56 Å². The number of thiocarbonyl (C=S) groups is 1. The molecule has 18 heavy (non-hydrogen) atoms. The van der Waals surface area contributed by atoms with Crippen molar-refractivity contribution in [3.63, 3.8) is 0 Å². The van der Waals surface area contributed by atoms with Crippen LogP contribution in [0.4, 0.5) is 11.4 Å². The fourth-order valence-electron chi connectivity index (χ4n) is 1.99. The Morgan fingerprint density at radius 1 is 1.06 bits per heavy atom. The molecule has 0 bridgehead atoms. The number of hydrogen-bond donors (Lipinski definition) is 0. The van der Waals surface area contributed by atoms with Crippen molar-refractivity contribution in [2.45, 2.75) is 0 Å². The molecule has 90 valence electrons. The van der Waals surface area contributed by atoms with Crippen molar-refractivity contribution in [1.29, 1.82) is 0 Å². The monoisotopic (exact) mass is 291 g/mol. The standard InChI is InChI=1S/C14H10ClNS2/c15-10-5-7-11(8-6-10)16-9-18-14(17)12-3-1-2-4-13(12)16/h1-8H,9H2. The lowest BCUT2D eigenvalue weighted by molar-refractivity contribution is 1.17. The van der Waals surface area contributed by atoms with Gasteiger partial charge in [0.25, 0.3) is 0 Å². The summed E-state index contributed by atoms with van der Waals surface area (Å²) in [4.78, 5) is 2.26. The SMILES string of the molecule is S=C1SCN(c2ccc(Cl)cc2)c2ccccc21. The first kappa shape index (κ1) is 12.0. The topological polar surface area (TPSA) is 3.24 Å². The van der Waals surface area contributed by atoms with Gasteiger partial charge in [0.15, 0.2) is 0 Å². The largest absolute Gasteiger partial charge is 0.331 e. The first-order valence-corrected chi connectivity index (χ1v) is 7.32. The van der Waals surface area contributed by atoms with Gasteiger partial charge in [-0.1, -0.05) is 53.8 Å². The molecule has 0 atom stereocenters. The number of thioether (sulfide) groups is 1. The van der Waals surface area contributed by atoms with Gasteiger partial charge in [-0.15, -0.1) is 0 Å². The van der Waals surface area contributed by atoms with Crippen LogP contribution in [0.2, 0.25) is 5.02 Å². The molecule has 1 nitrogen and oxygen atoms in total. The smallest absolute Gasteiger partial charge is 0.0816 e. The van der Waals surface area contributed by atoms with Crippen LogP contribution >= 0.6 is 35.6 Å². The molecule has 0 saturated carbocycles. The molecule has 0 fully saturated rings. The van der Waals surface area contributed by atoms with E-state index in [0.29, 0.717) is 0 Å². The normalized spacial score (nSPS) is 14.5. The van der Waals surface area contributed by atoms with Crippen LogP contribution in [-0.2, 0) is 0 Å². The maximum atomic E-state index is 5.93. The average molecular weight is 292 g/mol. The molecule has 0 unspecified atom stereocenters. The van der Waals surface area contributed by atoms with Gasteiger partial charge >= 0.3 is 0 Å². The zero-order valence-electron chi connectivity index (χ0n) is 9.47. The maximum absolute atomic E-state index is 5.93. The van der Waals surface area contributed by atoms with Gasteiger partial charge in [0, 0.05) is 16.3 Å². The quantitative estimate of drug-likeness (QED) is 0.691. The summed E-state index contributed by atoms with van der Waals surface area (Å²) in [6.45, 7) is 0. The van der Waals surface area contributed by atoms with Gasteiger partial charge in [0.05, 0.1) is 15.8 Å². The van der Waals surface area contributed by atoms with Crippen LogP contribution in [0.5, 0.6) is 0 Å². The summed E-state index contributed by atoms with van der Waals surface area (Å²) >= 11 is 13.0. The second-order valence-electron chi connectivity index (χ2n) is 3.98. The van der Waals surface area contributed by atoms with Crippen LogP contribution in [0, 0.1) is 0 Å². The van der Waals surface area contributed by atoms with Gasteiger partial charge in [0.2, 0.25) is 0 Å². The minimum Gasteiger partial charge on any atom is -0.331 e. The molecule has 0 aliphatic carbocycles. The summed E-state index contributed by atoms with van der Waals surface area (Å²) in [5, 5.41) is 0.757. The molecular formula is C14H10ClNS2.